The van der Waals surface area contributed by atoms with Crippen LogP contribution in [0.1, 0.15) is 20.7 Å². The number of hydrogen-bond donors (Lipinski definition) is 1. The highest BCUT2D eigenvalue weighted by atomic mass is 79.9. The Morgan fingerprint density at radius 1 is 1.09 bits per heavy atom. The number of rotatable bonds is 3. The minimum Gasteiger partial charge on any atom is -0.324 e. The van der Waals surface area contributed by atoms with Crippen LogP contribution in [0.2, 0.25) is 5.02 Å². The van der Waals surface area contributed by atoms with Gasteiger partial charge in [-0.2, -0.15) is 0 Å². The van der Waals surface area contributed by atoms with Crippen LogP contribution < -0.4 is 5.32 Å². The molecule has 0 fully saturated rings. The van der Waals surface area contributed by atoms with Gasteiger partial charge in [-0.25, -0.2) is 0 Å². The van der Waals surface area contributed by atoms with Gasteiger partial charge in [0, 0.05) is 15.2 Å². The van der Waals surface area contributed by atoms with Crippen molar-refractivity contribution in [3.05, 3.63) is 63.1 Å². The maximum Gasteiger partial charge on any atom is 0.262 e. The Kier molecular flexibility index (Phi) is 4.19. The fourth-order valence-corrected chi connectivity index (χ4v) is 2.87. The molecule has 0 aliphatic carbocycles. The topological polar surface area (TPSA) is 66.5 Å². The number of carbonyl (C=O) groups excluding carboxylic acids is 3. The summed E-state index contributed by atoms with van der Waals surface area (Å²) in [5.74, 6) is -1.42. The summed E-state index contributed by atoms with van der Waals surface area (Å²) in [6.07, 6.45) is 0. The second kappa shape index (κ2) is 6.14. The van der Waals surface area contributed by atoms with E-state index < -0.39 is 17.7 Å². The standard InChI is InChI=1S/C16H10BrClN2O3/c17-9-4-5-12-13(6-9)16(23)20(15(12)22)8-14(21)19-11-3-1-2-10(18)7-11/h1-7H,8H2,(H,19,21). The lowest BCUT2D eigenvalue weighted by atomic mass is 10.1. The van der Waals surface area contributed by atoms with Crippen molar-refractivity contribution in [2.24, 2.45) is 0 Å². The van der Waals surface area contributed by atoms with Gasteiger partial charge in [0.2, 0.25) is 5.91 Å². The lowest BCUT2D eigenvalue weighted by Gasteiger charge is -2.13. The lowest BCUT2D eigenvalue weighted by Crippen LogP contribution is -2.37. The van der Waals surface area contributed by atoms with E-state index >= 15 is 0 Å². The fraction of sp³-hybridized carbons (Fsp3) is 0.0625. The van der Waals surface area contributed by atoms with Crippen molar-refractivity contribution in [2.45, 2.75) is 0 Å². The molecule has 5 nitrogen and oxygen atoms in total. The van der Waals surface area contributed by atoms with Crippen LogP contribution in [-0.4, -0.2) is 29.2 Å². The van der Waals surface area contributed by atoms with E-state index in [-0.39, 0.29) is 6.54 Å². The number of fused-ring (bicyclic) bond motifs is 1. The van der Waals surface area contributed by atoms with Crippen LogP contribution in [0.5, 0.6) is 0 Å². The third-order valence-electron chi connectivity index (χ3n) is 3.34. The van der Waals surface area contributed by atoms with Gasteiger partial charge in [0.25, 0.3) is 11.8 Å². The normalized spacial score (nSPS) is 13.2. The number of benzene rings is 2. The number of amides is 3. The van der Waals surface area contributed by atoms with Gasteiger partial charge in [0.15, 0.2) is 0 Å². The van der Waals surface area contributed by atoms with E-state index in [1.807, 2.05) is 0 Å². The van der Waals surface area contributed by atoms with E-state index in [0.29, 0.717) is 26.3 Å². The van der Waals surface area contributed by atoms with Crippen molar-refractivity contribution in [1.29, 1.82) is 0 Å². The van der Waals surface area contributed by atoms with Crippen molar-refractivity contribution < 1.29 is 14.4 Å². The lowest BCUT2D eigenvalue weighted by molar-refractivity contribution is -0.116. The minimum atomic E-state index is -0.479. The third kappa shape index (κ3) is 3.13. The Hall–Kier alpha value is -2.18. The number of anilines is 1. The SMILES string of the molecule is O=C(CN1C(=O)c2ccc(Br)cc2C1=O)Nc1cccc(Cl)c1. The molecule has 0 atom stereocenters. The Labute approximate surface area is 145 Å². The van der Waals surface area contributed by atoms with Crippen molar-refractivity contribution in [1.82, 2.24) is 4.90 Å². The van der Waals surface area contributed by atoms with Gasteiger partial charge in [-0.15, -0.1) is 0 Å². The monoisotopic (exact) mass is 392 g/mol. The summed E-state index contributed by atoms with van der Waals surface area (Å²) in [5, 5.41) is 3.09. The molecule has 0 saturated heterocycles. The highest BCUT2D eigenvalue weighted by Gasteiger charge is 2.36. The van der Waals surface area contributed by atoms with Crippen molar-refractivity contribution >= 4 is 50.9 Å². The van der Waals surface area contributed by atoms with E-state index in [1.54, 1.807) is 42.5 Å². The molecule has 0 spiro atoms. The smallest absolute Gasteiger partial charge is 0.262 e. The summed E-state index contributed by atoms with van der Waals surface area (Å²) in [7, 11) is 0. The van der Waals surface area contributed by atoms with E-state index in [0.717, 1.165) is 4.90 Å². The predicted molar refractivity (Wildman–Crippen MR) is 89.6 cm³/mol. The molecule has 3 rings (SSSR count). The molecule has 0 saturated carbocycles. The first-order chi connectivity index (χ1) is 11.0. The molecule has 23 heavy (non-hydrogen) atoms. The zero-order valence-corrected chi connectivity index (χ0v) is 14.0. The number of imide groups is 1. The van der Waals surface area contributed by atoms with Gasteiger partial charge < -0.3 is 5.32 Å². The Morgan fingerprint density at radius 2 is 1.83 bits per heavy atom. The quantitative estimate of drug-likeness (QED) is 0.813. The van der Waals surface area contributed by atoms with Crippen LogP contribution in [-0.2, 0) is 4.79 Å². The summed E-state index contributed by atoms with van der Waals surface area (Å²) in [4.78, 5) is 37.5. The molecule has 1 N–H and O–H groups in total. The average molecular weight is 394 g/mol. The molecule has 1 aliphatic heterocycles. The maximum atomic E-state index is 12.3. The summed E-state index contributed by atoms with van der Waals surface area (Å²) in [6.45, 7) is -0.351. The molecule has 116 valence electrons. The number of nitrogens with zero attached hydrogens (tertiary/aromatic N) is 1. The molecule has 0 bridgehead atoms. The first kappa shape index (κ1) is 15.7. The number of carbonyl (C=O) groups is 3. The molecule has 0 aromatic heterocycles. The van der Waals surface area contributed by atoms with Gasteiger partial charge in [0.05, 0.1) is 11.1 Å². The number of nitrogens with one attached hydrogen (secondary N) is 1. The molecular formula is C16H10BrClN2O3. The van der Waals surface area contributed by atoms with Gasteiger partial charge in [-0.3, -0.25) is 19.3 Å². The van der Waals surface area contributed by atoms with Crippen molar-refractivity contribution in [2.75, 3.05) is 11.9 Å². The van der Waals surface area contributed by atoms with Crippen molar-refractivity contribution in [3.8, 4) is 0 Å². The van der Waals surface area contributed by atoms with Crippen LogP contribution in [0.3, 0.4) is 0 Å². The summed E-state index contributed by atoms with van der Waals surface area (Å²) in [5.41, 5.74) is 1.09. The first-order valence-electron chi connectivity index (χ1n) is 6.67. The second-order valence-electron chi connectivity index (χ2n) is 4.94. The highest BCUT2D eigenvalue weighted by Crippen LogP contribution is 2.26. The molecule has 0 unspecified atom stereocenters. The number of hydrogen-bond acceptors (Lipinski definition) is 3. The molecular weight excluding hydrogens is 384 g/mol. The van der Waals surface area contributed by atoms with E-state index in [9.17, 15) is 14.4 Å². The first-order valence-corrected chi connectivity index (χ1v) is 7.84. The van der Waals surface area contributed by atoms with Crippen LogP contribution in [0.25, 0.3) is 0 Å². The van der Waals surface area contributed by atoms with E-state index in [4.69, 9.17) is 11.6 Å². The molecule has 1 heterocycles. The largest absolute Gasteiger partial charge is 0.324 e. The summed E-state index contributed by atoms with van der Waals surface area (Å²) < 4.78 is 0.697. The zero-order valence-electron chi connectivity index (χ0n) is 11.7. The summed E-state index contributed by atoms with van der Waals surface area (Å²) >= 11 is 9.11. The van der Waals surface area contributed by atoms with E-state index in [1.165, 1.54) is 0 Å². The third-order valence-corrected chi connectivity index (χ3v) is 4.07. The van der Waals surface area contributed by atoms with Crippen LogP contribution >= 0.6 is 27.5 Å². The maximum absolute atomic E-state index is 12.3. The molecule has 1 aliphatic rings. The molecule has 3 amide bonds. The van der Waals surface area contributed by atoms with Gasteiger partial charge in [-0.1, -0.05) is 33.6 Å². The van der Waals surface area contributed by atoms with Crippen molar-refractivity contribution in [3.63, 3.8) is 0 Å². The zero-order chi connectivity index (χ0) is 16.6. The van der Waals surface area contributed by atoms with Crippen LogP contribution in [0.15, 0.2) is 46.9 Å². The average Bonchev–Trinajstić information content (AvgIpc) is 2.72. The van der Waals surface area contributed by atoms with Gasteiger partial charge in [0.1, 0.15) is 6.54 Å². The molecule has 2 aromatic rings. The van der Waals surface area contributed by atoms with E-state index in [2.05, 4.69) is 21.2 Å². The Bertz CT molecular complexity index is 838. The second-order valence-corrected chi connectivity index (χ2v) is 6.30. The van der Waals surface area contributed by atoms with Crippen LogP contribution in [0, 0.1) is 0 Å². The molecule has 7 heteroatoms. The minimum absolute atomic E-state index is 0.292. The molecule has 2 aromatic carbocycles. The summed E-state index contributed by atoms with van der Waals surface area (Å²) in [6, 6.07) is 11.4. The Morgan fingerprint density at radius 3 is 2.57 bits per heavy atom. The van der Waals surface area contributed by atoms with Gasteiger partial charge in [-0.05, 0) is 36.4 Å². The molecule has 0 radical (unpaired) electrons. The van der Waals surface area contributed by atoms with Gasteiger partial charge >= 0.3 is 0 Å². The highest BCUT2D eigenvalue weighted by molar-refractivity contribution is 9.10. The van der Waals surface area contributed by atoms with Crippen LogP contribution in [0.4, 0.5) is 5.69 Å². The fourth-order valence-electron chi connectivity index (χ4n) is 2.32. The number of halogens is 2. The Balaban J connectivity index is 1.75. The predicted octanol–water partition coefficient (Wildman–Crippen LogP) is 3.34.